The van der Waals surface area contributed by atoms with Gasteiger partial charge in [0.25, 0.3) is 0 Å². The summed E-state index contributed by atoms with van der Waals surface area (Å²) in [5.74, 6) is 1.53. The average molecular weight is 544 g/mol. The molecule has 7 nitrogen and oxygen atoms in total. The molecule has 3 heterocycles. The number of nitrogens with one attached hydrogen (secondary N) is 1. The molecule has 3 aliphatic rings. The molecule has 3 atom stereocenters. The van der Waals surface area contributed by atoms with Crippen molar-refractivity contribution in [2.24, 2.45) is 10.9 Å². The lowest BCUT2D eigenvalue weighted by Crippen LogP contribution is -2.55. The van der Waals surface area contributed by atoms with Gasteiger partial charge in [0, 0.05) is 51.8 Å². The fourth-order valence-corrected chi connectivity index (χ4v) is 4.87. The summed E-state index contributed by atoms with van der Waals surface area (Å²) in [5, 5.41) is 3.68. The van der Waals surface area contributed by atoms with Crippen LogP contribution in [0.4, 0.5) is 0 Å². The molecule has 3 unspecified atom stereocenters. The monoisotopic (exact) mass is 544 g/mol. The van der Waals surface area contributed by atoms with E-state index in [1.165, 1.54) is 11.1 Å². The molecule has 1 aromatic carbocycles. The number of nitrogens with zero attached hydrogens (tertiary/aromatic N) is 3. The predicted molar refractivity (Wildman–Crippen MR) is 133 cm³/mol. The van der Waals surface area contributed by atoms with Crippen molar-refractivity contribution in [2.45, 2.75) is 25.5 Å². The Morgan fingerprint density at radius 2 is 1.94 bits per heavy atom. The second-order valence-corrected chi connectivity index (χ2v) is 8.43. The lowest BCUT2D eigenvalue weighted by atomic mass is 9.97. The number of aryl methyl sites for hydroxylation is 1. The maximum absolute atomic E-state index is 6.11. The van der Waals surface area contributed by atoms with Gasteiger partial charge in [-0.1, -0.05) is 24.3 Å². The van der Waals surface area contributed by atoms with Gasteiger partial charge in [0.2, 0.25) is 0 Å². The minimum atomic E-state index is 0. The van der Waals surface area contributed by atoms with Crippen LogP contribution in [0.1, 0.15) is 23.7 Å². The molecule has 3 fully saturated rings. The number of rotatable bonds is 5. The lowest BCUT2D eigenvalue weighted by molar-refractivity contribution is -0.00966. The summed E-state index contributed by atoms with van der Waals surface area (Å²) in [7, 11) is 1.88. The third-order valence-electron chi connectivity index (χ3n) is 6.61. The Kier molecular flexibility index (Phi) is 9.83. The van der Waals surface area contributed by atoms with Crippen LogP contribution in [0.3, 0.4) is 0 Å². The number of halogens is 1. The zero-order chi connectivity index (χ0) is 20.8. The third kappa shape index (κ3) is 6.31. The number of benzene rings is 1. The largest absolute Gasteiger partial charge is 0.381 e. The van der Waals surface area contributed by atoms with Crippen molar-refractivity contribution in [3.63, 3.8) is 0 Å². The van der Waals surface area contributed by atoms with Crippen molar-refractivity contribution < 1.29 is 14.2 Å². The number of hydrogen-bond donors (Lipinski definition) is 1. The van der Waals surface area contributed by atoms with Crippen molar-refractivity contribution in [1.29, 1.82) is 0 Å². The molecule has 0 spiro atoms. The zero-order valence-electron chi connectivity index (χ0n) is 18.8. The van der Waals surface area contributed by atoms with Gasteiger partial charge in [-0.05, 0) is 24.5 Å². The van der Waals surface area contributed by atoms with E-state index < -0.39 is 0 Å². The van der Waals surface area contributed by atoms with E-state index in [-0.39, 0.29) is 30.1 Å². The highest BCUT2D eigenvalue weighted by Gasteiger charge is 2.32. The minimum Gasteiger partial charge on any atom is -0.381 e. The Morgan fingerprint density at radius 1 is 1.13 bits per heavy atom. The Balaban J connectivity index is 0.00000272. The van der Waals surface area contributed by atoms with Crippen LogP contribution in [-0.4, -0.2) is 94.6 Å². The molecule has 0 aliphatic carbocycles. The average Bonchev–Trinajstić information content (AvgIpc) is 3.32. The smallest absolute Gasteiger partial charge is 0.193 e. The summed E-state index contributed by atoms with van der Waals surface area (Å²) in [5.41, 5.74) is 2.55. The standard InChI is InChI=1S/C23H36N4O3.HI/c1-18-5-3-4-6-20(18)22-16-27(10-14-30-22)23(24-2)25-15-21(19-7-11-29-17-19)26-8-12-28-13-9-26;/h3-6,19,21-22H,7-17H2,1-2H3,(H,24,25);1H. The first-order valence-corrected chi connectivity index (χ1v) is 11.3. The van der Waals surface area contributed by atoms with Crippen LogP contribution in [0.25, 0.3) is 0 Å². The first-order valence-electron chi connectivity index (χ1n) is 11.3. The Hall–Kier alpha value is -0.940. The van der Waals surface area contributed by atoms with Crippen molar-refractivity contribution in [2.75, 3.05) is 72.8 Å². The molecule has 3 saturated heterocycles. The van der Waals surface area contributed by atoms with Crippen LogP contribution in [0.2, 0.25) is 0 Å². The van der Waals surface area contributed by atoms with Gasteiger partial charge < -0.3 is 24.4 Å². The van der Waals surface area contributed by atoms with E-state index in [2.05, 4.69) is 51.3 Å². The van der Waals surface area contributed by atoms with Crippen molar-refractivity contribution >= 4 is 29.9 Å². The molecule has 174 valence electrons. The summed E-state index contributed by atoms with van der Waals surface area (Å²) in [6, 6.07) is 8.95. The highest BCUT2D eigenvalue weighted by Crippen LogP contribution is 2.25. The van der Waals surface area contributed by atoms with Gasteiger partial charge in [-0.15, -0.1) is 24.0 Å². The molecule has 0 aromatic heterocycles. The van der Waals surface area contributed by atoms with E-state index in [1.807, 2.05) is 7.05 Å². The van der Waals surface area contributed by atoms with E-state index in [9.17, 15) is 0 Å². The predicted octanol–water partition coefficient (Wildman–Crippen LogP) is 2.30. The van der Waals surface area contributed by atoms with Gasteiger partial charge in [-0.25, -0.2) is 0 Å². The number of aliphatic imine (C=N–C) groups is 1. The fraction of sp³-hybridized carbons (Fsp3) is 0.696. The molecule has 8 heteroatoms. The maximum Gasteiger partial charge on any atom is 0.193 e. The van der Waals surface area contributed by atoms with Gasteiger partial charge >= 0.3 is 0 Å². The molecule has 1 N–H and O–H groups in total. The lowest BCUT2D eigenvalue weighted by Gasteiger charge is -2.39. The second kappa shape index (κ2) is 12.3. The molecule has 0 amide bonds. The van der Waals surface area contributed by atoms with Crippen molar-refractivity contribution in [1.82, 2.24) is 15.1 Å². The summed E-state index contributed by atoms with van der Waals surface area (Å²) < 4.78 is 17.4. The van der Waals surface area contributed by atoms with Crippen LogP contribution in [0.15, 0.2) is 29.3 Å². The Morgan fingerprint density at radius 3 is 2.65 bits per heavy atom. The third-order valence-corrected chi connectivity index (χ3v) is 6.61. The molecule has 31 heavy (non-hydrogen) atoms. The number of guanidine groups is 1. The van der Waals surface area contributed by atoms with Crippen LogP contribution < -0.4 is 5.32 Å². The molecular formula is C23H37IN4O3. The van der Waals surface area contributed by atoms with E-state index >= 15 is 0 Å². The van der Waals surface area contributed by atoms with Crippen LogP contribution >= 0.6 is 24.0 Å². The minimum absolute atomic E-state index is 0. The topological polar surface area (TPSA) is 58.6 Å². The number of ether oxygens (including phenoxy) is 3. The SMILES string of the molecule is CN=C(NCC(C1CCOC1)N1CCOCC1)N1CCOC(c2ccccc2C)C1.I. The maximum atomic E-state index is 6.11. The molecule has 4 rings (SSSR count). The van der Waals surface area contributed by atoms with Gasteiger partial charge in [0.1, 0.15) is 6.10 Å². The van der Waals surface area contributed by atoms with Crippen molar-refractivity contribution in [3.8, 4) is 0 Å². The summed E-state index contributed by atoms with van der Waals surface area (Å²) >= 11 is 0. The quantitative estimate of drug-likeness (QED) is 0.349. The first-order chi connectivity index (χ1) is 14.8. The molecule has 0 saturated carbocycles. The Bertz CT molecular complexity index is 708. The van der Waals surface area contributed by atoms with E-state index in [0.29, 0.717) is 18.6 Å². The van der Waals surface area contributed by atoms with Crippen molar-refractivity contribution in [3.05, 3.63) is 35.4 Å². The Labute approximate surface area is 203 Å². The van der Waals surface area contributed by atoms with E-state index in [0.717, 1.165) is 71.5 Å². The van der Waals surface area contributed by atoms with Crippen LogP contribution in [0.5, 0.6) is 0 Å². The molecular weight excluding hydrogens is 507 g/mol. The van der Waals surface area contributed by atoms with Crippen LogP contribution in [0, 0.1) is 12.8 Å². The summed E-state index contributed by atoms with van der Waals surface area (Å²) in [4.78, 5) is 9.51. The molecule has 0 bridgehead atoms. The van der Waals surface area contributed by atoms with Gasteiger partial charge in [-0.3, -0.25) is 9.89 Å². The highest BCUT2D eigenvalue weighted by molar-refractivity contribution is 14.0. The summed E-state index contributed by atoms with van der Waals surface area (Å²) in [6.45, 7) is 10.8. The van der Waals surface area contributed by atoms with E-state index in [1.54, 1.807) is 0 Å². The van der Waals surface area contributed by atoms with Gasteiger partial charge in [0.15, 0.2) is 5.96 Å². The molecule has 0 radical (unpaired) electrons. The highest BCUT2D eigenvalue weighted by atomic mass is 127. The van der Waals surface area contributed by atoms with Gasteiger partial charge in [-0.2, -0.15) is 0 Å². The van der Waals surface area contributed by atoms with Gasteiger partial charge in [0.05, 0.1) is 33.0 Å². The van der Waals surface area contributed by atoms with Crippen LogP contribution in [-0.2, 0) is 14.2 Å². The molecule has 1 aromatic rings. The molecule has 3 aliphatic heterocycles. The number of morpholine rings is 2. The van der Waals surface area contributed by atoms with E-state index in [4.69, 9.17) is 14.2 Å². The fourth-order valence-electron chi connectivity index (χ4n) is 4.87. The number of hydrogen-bond acceptors (Lipinski definition) is 5. The normalized spacial score (nSPS) is 26.4. The summed E-state index contributed by atoms with van der Waals surface area (Å²) in [6.07, 6.45) is 1.21. The zero-order valence-corrected chi connectivity index (χ0v) is 21.1. The first kappa shape index (κ1) is 24.7. The second-order valence-electron chi connectivity index (χ2n) is 8.43.